The number of benzene rings is 1. The van der Waals surface area contributed by atoms with E-state index in [2.05, 4.69) is 15.5 Å². The normalized spacial score (nSPS) is 10.1. The fourth-order valence-electron chi connectivity index (χ4n) is 1.19. The lowest BCUT2D eigenvalue weighted by Crippen LogP contribution is -2.30. The van der Waals surface area contributed by atoms with Crippen LogP contribution in [0, 0.1) is 0 Å². The second-order valence-corrected chi connectivity index (χ2v) is 3.30. The molecule has 0 saturated carbocycles. The number of aromatic nitrogens is 4. The Balaban J connectivity index is 2.47. The first-order valence-corrected chi connectivity index (χ1v) is 4.64. The lowest BCUT2D eigenvalue weighted by molar-refractivity contribution is 0.0954. The van der Waals surface area contributed by atoms with Gasteiger partial charge in [-0.15, -0.1) is 5.10 Å². The zero-order valence-corrected chi connectivity index (χ0v) is 8.72. The summed E-state index contributed by atoms with van der Waals surface area (Å²) in [6.07, 6.45) is 1.41. The molecule has 2 rings (SSSR count). The number of tetrazole rings is 1. The number of nitrogens with one attached hydrogen (secondary N) is 1. The van der Waals surface area contributed by atoms with Gasteiger partial charge in [0.1, 0.15) is 6.33 Å². The van der Waals surface area contributed by atoms with E-state index >= 15 is 0 Å². The van der Waals surface area contributed by atoms with Crippen molar-refractivity contribution in [3.8, 4) is 5.69 Å². The number of halogens is 1. The van der Waals surface area contributed by atoms with Crippen molar-refractivity contribution in [2.24, 2.45) is 5.84 Å². The quantitative estimate of drug-likeness (QED) is 0.433. The molecule has 0 aliphatic heterocycles. The van der Waals surface area contributed by atoms with Crippen LogP contribution >= 0.6 is 11.6 Å². The number of nitrogen functional groups attached to an aromatic ring is 1. The second kappa shape index (κ2) is 4.25. The lowest BCUT2D eigenvalue weighted by atomic mass is 10.2. The molecule has 0 bridgehead atoms. The summed E-state index contributed by atoms with van der Waals surface area (Å²) in [5.74, 6) is 4.56. The molecule has 1 aromatic carbocycles. The van der Waals surface area contributed by atoms with Crippen LogP contribution in [0.1, 0.15) is 10.4 Å². The molecule has 0 radical (unpaired) electrons. The summed E-state index contributed by atoms with van der Waals surface area (Å²) in [6, 6.07) is 4.80. The highest BCUT2D eigenvalue weighted by molar-refractivity contribution is 6.33. The molecule has 16 heavy (non-hydrogen) atoms. The third-order valence-electron chi connectivity index (χ3n) is 1.94. The number of carbonyl (C=O) groups is 1. The summed E-state index contributed by atoms with van der Waals surface area (Å²) in [6.45, 7) is 0. The zero-order valence-electron chi connectivity index (χ0n) is 7.96. The highest BCUT2D eigenvalue weighted by atomic mass is 35.5. The van der Waals surface area contributed by atoms with Crippen LogP contribution in [0.25, 0.3) is 5.69 Å². The number of rotatable bonds is 2. The van der Waals surface area contributed by atoms with Crippen molar-refractivity contribution >= 4 is 17.5 Å². The fraction of sp³-hybridized carbons (Fsp3) is 0. The number of hydrogen-bond donors (Lipinski definition) is 2. The molecular formula is C8H7ClN6O. The van der Waals surface area contributed by atoms with E-state index < -0.39 is 5.91 Å². The molecule has 0 unspecified atom stereocenters. The maximum atomic E-state index is 11.4. The van der Waals surface area contributed by atoms with Gasteiger partial charge >= 0.3 is 0 Å². The molecule has 0 spiro atoms. The standard InChI is InChI=1S/C8H7ClN6O/c9-7-2-1-5(15-4-11-13-14-15)3-6(7)8(16)12-10/h1-4H,10H2,(H,12,16). The predicted octanol–water partition coefficient (Wildman–Crippen LogP) is -0.0808. The average molecular weight is 239 g/mol. The number of carbonyl (C=O) groups excluding carboxylic acids is 1. The molecule has 0 aliphatic carbocycles. The van der Waals surface area contributed by atoms with Crippen molar-refractivity contribution in [2.45, 2.75) is 0 Å². The Morgan fingerprint density at radius 1 is 1.50 bits per heavy atom. The molecular weight excluding hydrogens is 232 g/mol. The predicted molar refractivity (Wildman–Crippen MR) is 55.8 cm³/mol. The van der Waals surface area contributed by atoms with Crippen LogP contribution in [-0.4, -0.2) is 26.1 Å². The fourth-order valence-corrected chi connectivity index (χ4v) is 1.39. The van der Waals surface area contributed by atoms with Gasteiger partial charge in [-0.05, 0) is 28.6 Å². The lowest BCUT2D eigenvalue weighted by Gasteiger charge is -2.05. The van der Waals surface area contributed by atoms with Gasteiger partial charge in [0.2, 0.25) is 0 Å². The molecule has 7 nitrogen and oxygen atoms in total. The Morgan fingerprint density at radius 2 is 2.31 bits per heavy atom. The van der Waals surface area contributed by atoms with Crippen LogP contribution in [0.15, 0.2) is 24.5 Å². The molecule has 2 aromatic rings. The molecule has 0 atom stereocenters. The topological polar surface area (TPSA) is 98.7 Å². The largest absolute Gasteiger partial charge is 0.290 e. The third-order valence-corrected chi connectivity index (χ3v) is 2.27. The zero-order chi connectivity index (χ0) is 11.5. The Kier molecular flexibility index (Phi) is 2.80. The first-order chi connectivity index (χ1) is 7.72. The van der Waals surface area contributed by atoms with E-state index in [1.165, 1.54) is 11.0 Å². The maximum Gasteiger partial charge on any atom is 0.266 e. The van der Waals surface area contributed by atoms with Crippen LogP contribution in [0.4, 0.5) is 0 Å². The van der Waals surface area contributed by atoms with Gasteiger partial charge < -0.3 is 0 Å². The van der Waals surface area contributed by atoms with Gasteiger partial charge in [-0.2, -0.15) is 0 Å². The first-order valence-electron chi connectivity index (χ1n) is 4.26. The number of hydrogen-bond acceptors (Lipinski definition) is 5. The molecule has 0 saturated heterocycles. The van der Waals surface area contributed by atoms with E-state index in [0.29, 0.717) is 10.7 Å². The molecule has 3 N–H and O–H groups in total. The van der Waals surface area contributed by atoms with Crippen LogP contribution in [0.3, 0.4) is 0 Å². The smallest absolute Gasteiger partial charge is 0.266 e. The molecule has 82 valence electrons. The van der Waals surface area contributed by atoms with E-state index in [9.17, 15) is 4.79 Å². The van der Waals surface area contributed by atoms with Crippen LogP contribution in [0.2, 0.25) is 5.02 Å². The Morgan fingerprint density at radius 3 is 2.94 bits per heavy atom. The minimum absolute atomic E-state index is 0.261. The van der Waals surface area contributed by atoms with E-state index in [1.54, 1.807) is 18.2 Å². The summed E-state index contributed by atoms with van der Waals surface area (Å²) in [7, 11) is 0. The molecule has 8 heteroatoms. The van der Waals surface area contributed by atoms with Gasteiger partial charge in [0, 0.05) is 0 Å². The van der Waals surface area contributed by atoms with Gasteiger partial charge in [0.25, 0.3) is 5.91 Å². The monoisotopic (exact) mass is 238 g/mol. The Bertz CT molecular complexity index is 511. The van der Waals surface area contributed by atoms with Gasteiger partial charge in [0.05, 0.1) is 16.3 Å². The molecule has 1 aromatic heterocycles. The van der Waals surface area contributed by atoms with Gasteiger partial charge in [-0.1, -0.05) is 11.6 Å². The summed E-state index contributed by atoms with van der Waals surface area (Å²) in [5, 5.41) is 11.0. The van der Waals surface area contributed by atoms with E-state index in [1.807, 2.05) is 5.43 Å². The van der Waals surface area contributed by atoms with Gasteiger partial charge in [-0.3, -0.25) is 10.2 Å². The summed E-state index contributed by atoms with van der Waals surface area (Å²) < 4.78 is 1.41. The van der Waals surface area contributed by atoms with Gasteiger partial charge in [0.15, 0.2) is 0 Å². The second-order valence-electron chi connectivity index (χ2n) is 2.89. The van der Waals surface area contributed by atoms with Crippen LogP contribution < -0.4 is 11.3 Å². The highest BCUT2D eigenvalue weighted by Gasteiger charge is 2.10. The van der Waals surface area contributed by atoms with Crippen LogP contribution in [0.5, 0.6) is 0 Å². The first kappa shape index (κ1) is 10.5. The van der Waals surface area contributed by atoms with E-state index in [0.717, 1.165) is 0 Å². The van der Waals surface area contributed by atoms with Crippen molar-refractivity contribution in [1.29, 1.82) is 0 Å². The van der Waals surface area contributed by atoms with E-state index in [-0.39, 0.29) is 5.56 Å². The maximum absolute atomic E-state index is 11.4. The highest BCUT2D eigenvalue weighted by Crippen LogP contribution is 2.19. The van der Waals surface area contributed by atoms with Crippen molar-refractivity contribution in [2.75, 3.05) is 0 Å². The molecule has 1 amide bonds. The molecule has 0 aliphatic rings. The third kappa shape index (κ3) is 1.86. The van der Waals surface area contributed by atoms with E-state index in [4.69, 9.17) is 17.4 Å². The number of hydrazine groups is 1. The Hall–Kier alpha value is -1.99. The average Bonchev–Trinajstić information content (AvgIpc) is 2.82. The van der Waals surface area contributed by atoms with Crippen molar-refractivity contribution < 1.29 is 4.79 Å². The summed E-state index contributed by atoms with van der Waals surface area (Å²) in [5.41, 5.74) is 2.89. The van der Waals surface area contributed by atoms with Crippen molar-refractivity contribution in [3.63, 3.8) is 0 Å². The SMILES string of the molecule is NNC(=O)c1cc(-n2cnnn2)ccc1Cl. The van der Waals surface area contributed by atoms with Crippen molar-refractivity contribution in [3.05, 3.63) is 35.1 Å². The minimum Gasteiger partial charge on any atom is -0.290 e. The summed E-state index contributed by atoms with van der Waals surface area (Å²) in [4.78, 5) is 11.4. The number of nitrogens with two attached hydrogens (primary N) is 1. The summed E-state index contributed by atoms with van der Waals surface area (Å²) >= 11 is 5.85. The minimum atomic E-state index is -0.472. The van der Waals surface area contributed by atoms with Gasteiger partial charge in [-0.25, -0.2) is 10.5 Å². The number of nitrogens with zero attached hydrogens (tertiary/aromatic N) is 4. The number of amides is 1. The molecule has 1 heterocycles. The molecule has 0 fully saturated rings. The Labute approximate surface area is 95.2 Å². The van der Waals surface area contributed by atoms with Crippen LogP contribution in [-0.2, 0) is 0 Å². The van der Waals surface area contributed by atoms with Crippen molar-refractivity contribution in [1.82, 2.24) is 25.6 Å².